The summed E-state index contributed by atoms with van der Waals surface area (Å²) in [6, 6.07) is 5.02. The lowest BCUT2D eigenvalue weighted by atomic mass is 9.93. The Kier molecular flexibility index (Phi) is 5.67. The third-order valence-electron chi connectivity index (χ3n) is 3.74. The van der Waals surface area contributed by atoms with Gasteiger partial charge in [0.2, 0.25) is 0 Å². The summed E-state index contributed by atoms with van der Waals surface area (Å²) in [4.78, 5) is 1.50. The molecule has 3 heteroatoms. The van der Waals surface area contributed by atoms with E-state index in [1.165, 1.54) is 30.6 Å². The zero-order valence-electron chi connectivity index (χ0n) is 11.5. The maximum Gasteiger partial charge on any atom is 0.0551 e. The molecule has 0 amide bonds. The summed E-state index contributed by atoms with van der Waals surface area (Å²) in [7, 11) is 0. The maximum absolute atomic E-state index is 5.73. The Labute approximate surface area is 115 Å². The average Bonchev–Trinajstić information content (AvgIpc) is 3.01. The Morgan fingerprint density at radius 1 is 1.56 bits per heavy atom. The third-order valence-corrected chi connectivity index (χ3v) is 4.67. The summed E-state index contributed by atoms with van der Waals surface area (Å²) in [5.74, 6) is 0.700. The Hall–Kier alpha value is -0.380. The lowest BCUT2D eigenvalue weighted by Gasteiger charge is -2.23. The van der Waals surface area contributed by atoms with E-state index in [4.69, 9.17) is 4.74 Å². The summed E-state index contributed by atoms with van der Waals surface area (Å²) in [5.41, 5.74) is 0. The van der Waals surface area contributed by atoms with Crippen LogP contribution in [-0.2, 0) is 11.2 Å². The van der Waals surface area contributed by atoms with Crippen molar-refractivity contribution in [1.82, 2.24) is 5.32 Å². The topological polar surface area (TPSA) is 21.3 Å². The molecule has 2 rings (SSSR count). The molecule has 1 aromatic rings. The molecular formula is C15H25NOS. The van der Waals surface area contributed by atoms with Crippen molar-refractivity contribution < 1.29 is 4.74 Å². The molecule has 3 unspecified atom stereocenters. The Morgan fingerprint density at radius 2 is 2.44 bits per heavy atom. The number of aryl methyl sites for hydroxylation is 1. The molecule has 2 heterocycles. The first-order chi connectivity index (χ1) is 8.79. The highest BCUT2D eigenvalue weighted by Gasteiger charge is 2.28. The van der Waals surface area contributed by atoms with Crippen LogP contribution in [0.2, 0.25) is 0 Å². The van der Waals surface area contributed by atoms with E-state index in [0.29, 0.717) is 18.1 Å². The first kappa shape index (κ1) is 14.0. The van der Waals surface area contributed by atoms with Gasteiger partial charge in [0.1, 0.15) is 0 Å². The summed E-state index contributed by atoms with van der Waals surface area (Å²) in [6.45, 7) is 6.49. The number of thiophene rings is 1. The zero-order valence-corrected chi connectivity index (χ0v) is 12.3. The van der Waals surface area contributed by atoms with Crippen LogP contribution < -0.4 is 5.32 Å². The van der Waals surface area contributed by atoms with E-state index >= 15 is 0 Å². The zero-order chi connectivity index (χ0) is 12.8. The molecule has 0 radical (unpaired) electrons. The van der Waals surface area contributed by atoms with E-state index in [0.717, 1.165) is 13.2 Å². The van der Waals surface area contributed by atoms with Crippen molar-refractivity contribution >= 4 is 11.3 Å². The molecule has 1 N–H and O–H groups in total. The van der Waals surface area contributed by atoms with E-state index in [1.807, 2.05) is 11.3 Å². The molecule has 102 valence electrons. The summed E-state index contributed by atoms with van der Waals surface area (Å²) >= 11 is 1.87. The number of nitrogens with one attached hydrogen (secondary N) is 1. The quantitative estimate of drug-likeness (QED) is 0.816. The lowest BCUT2D eigenvalue weighted by molar-refractivity contribution is 0.116. The minimum Gasteiger partial charge on any atom is -0.378 e. The highest BCUT2D eigenvalue weighted by molar-refractivity contribution is 7.09. The molecule has 0 aliphatic carbocycles. The van der Waals surface area contributed by atoms with E-state index in [-0.39, 0.29) is 0 Å². The standard InChI is InChI=1S/C15H25NOS/c1-3-8-16-15(13-10-12(2)17-11-13)7-6-14-5-4-9-18-14/h4-5,9,12-13,15-16H,3,6-8,10-11H2,1-2H3. The first-order valence-corrected chi connectivity index (χ1v) is 8.05. The SMILES string of the molecule is CCCNC(CCc1cccs1)C1COC(C)C1. The molecule has 0 spiro atoms. The molecule has 1 aliphatic rings. The van der Waals surface area contributed by atoms with E-state index in [1.54, 1.807) is 0 Å². The van der Waals surface area contributed by atoms with Crippen molar-refractivity contribution in [2.24, 2.45) is 5.92 Å². The van der Waals surface area contributed by atoms with Crippen LogP contribution >= 0.6 is 11.3 Å². The van der Waals surface area contributed by atoms with Gasteiger partial charge in [0.05, 0.1) is 12.7 Å². The van der Waals surface area contributed by atoms with Crippen molar-refractivity contribution in [3.8, 4) is 0 Å². The van der Waals surface area contributed by atoms with Gasteiger partial charge in [0.15, 0.2) is 0 Å². The number of ether oxygens (including phenoxy) is 1. The van der Waals surface area contributed by atoms with Crippen molar-refractivity contribution in [3.63, 3.8) is 0 Å². The molecule has 0 bridgehead atoms. The summed E-state index contributed by atoms with van der Waals surface area (Å²) < 4.78 is 5.73. The number of hydrogen-bond donors (Lipinski definition) is 1. The van der Waals surface area contributed by atoms with Gasteiger partial charge in [-0.2, -0.15) is 0 Å². The molecule has 0 aromatic carbocycles. The molecule has 1 aliphatic heterocycles. The fourth-order valence-corrected chi connectivity index (χ4v) is 3.44. The van der Waals surface area contributed by atoms with Gasteiger partial charge in [-0.3, -0.25) is 0 Å². The first-order valence-electron chi connectivity index (χ1n) is 7.17. The lowest BCUT2D eigenvalue weighted by Crippen LogP contribution is -2.37. The minimum absolute atomic E-state index is 0.447. The van der Waals surface area contributed by atoms with Gasteiger partial charge in [-0.25, -0.2) is 0 Å². The third kappa shape index (κ3) is 4.08. The van der Waals surface area contributed by atoms with Gasteiger partial charge in [-0.1, -0.05) is 13.0 Å². The van der Waals surface area contributed by atoms with E-state index in [2.05, 4.69) is 36.7 Å². The fourth-order valence-electron chi connectivity index (χ4n) is 2.72. The second-order valence-corrected chi connectivity index (χ2v) is 6.35. The highest BCUT2D eigenvalue weighted by atomic mass is 32.1. The number of hydrogen-bond acceptors (Lipinski definition) is 3. The van der Waals surface area contributed by atoms with Crippen molar-refractivity contribution in [2.75, 3.05) is 13.2 Å². The van der Waals surface area contributed by atoms with Crippen molar-refractivity contribution in [1.29, 1.82) is 0 Å². The molecule has 1 aromatic heterocycles. The number of rotatable bonds is 7. The minimum atomic E-state index is 0.447. The van der Waals surface area contributed by atoms with Crippen molar-refractivity contribution in [2.45, 2.75) is 51.7 Å². The second kappa shape index (κ2) is 7.27. The largest absolute Gasteiger partial charge is 0.378 e. The van der Waals surface area contributed by atoms with Crippen LogP contribution in [-0.4, -0.2) is 25.3 Å². The van der Waals surface area contributed by atoms with Crippen LogP contribution in [0.15, 0.2) is 17.5 Å². The molecule has 3 atom stereocenters. The summed E-state index contributed by atoms with van der Waals surface area (Å²) in [5, 5.41) is 5.89. The molecule has 18 heavy (non-hydrogen) atoms. The Morgan fingerprint density at radius 3 is 3.06 bits per heavy atom. The highest BCUT2D eigenvalue weighted by Crippen LogP contribution is 2.25. The van der Waals surface area contributed by atoms with Crippen molar-refractivity contribution in [3.05, 3.63) is 22.4 Å². The van der Waals surface area contributed by atoms with Crippen LogP contribution in [0.25, 0.3) is 0 Å². The molecule has 0 saturated carbocycles. The Bertz CT molecular complexity index is 325. The smallest absolute Gasteiger partial charge is 0.0551 e. The Balaban J connectivity index is 1.84. The van der Waals surface area contributed by atoms with Crippen LogP contribution in [0.3, 0.4) is 0 Å². The summed E-state index contributed by atoms with van der Waals surface area (Å²) in [6.07, 6.45) is 5.30. The van der Waals surface area contributed by atoms with Crippen LogP contribution in [0.5, 0.6) is 0 Å². The molecule has 1 fully saturated rings. The second-order valence-electron chi connectivity index (χ2n) is 5.32. The predicted molar refractivity (Wildman–Crippen MR) is 78.2 cm³/mol. The normalized spacial score (nSPS) is 25.4. The monoisotopic (exact) mass is 267 g/mol. The average molecular weight is 267 g/mol. The van der Waals surface area contributed by atoms with Gasteiger partial charge in [0, 0.05) is 16.8 Å². The van der Waals surface area contributed by atoms with Crippen LogP contribution in [0.1, 0.15) is 38.0 Å². The van der Waals surface area contributed by atoms with Crippen LogP contribution in [0, 0.1) is 5.92 Å². The van der Waals surface area contributed by atoms with Gasteiger partial charge >= 0.3 is 0 Å². The van der Waals surface area contributed by atoms with E-state index < -0.39 is 0 Å². The van der Waals surface area contributed by atoms with Gasteiger partial charge in [-0.05, 0) is 50.6 Å². The van der Waals surface area contributed by atoms with Gasteiger partial charge in [-0.15, -0.1) is 11.3 Å². The molecular weight excluding hydrogens is 242 g/mol. The fraction of sp³-hybridized carbons (Fsp3) is 0.733. The van der Waals surface area contributed by atoms with Gasteiger partial charge < -0.3 is 10.1 Å². The van der Waals surface area contributed by atoms with E-state index in [9.17, 15) is 0 Å². The molecule has 1 saturated heterocycles. The van der Waals surface area contributed by atoms with Crippen LogP contribution in [0.4, 0.5) is 0 Å². The molecule has 2 nitrogen and oxygen atoms in total. The predicted octanol–water partition coefficient (Wildman–Crippen LogP) is 3.47. The maximum atomic E-state index is 5.73. The van der Waals surface area contributed by atoms with Gasteiger partial charge in [0.25, 0.3) is 0 Å².